The zero-order valence-corrected chi connectivity index (χ0v) is 11.6. The Morgan fingerprint density at radius 3 is 2.60 bits per heavy atom. The molecule has 3 N–H and O–H groups in total. The average molecular weight is 270 g/mol. The van der Waals surface area contributed by atoms with E-state index in [9.17, 15) is 4.79 Å². The number of rotatable bonds is 3. The monoisotopic (exact) mass is 270 g/mol. The first-order chi connectivity index (χ1) is 9.47. The lowest BCUT2D eigenvalue weighted by Gasteiger charge is -2.10. The molecule has 2 aromatic rings. The fraction of sp³-hybridized carbons (Fsp3) is 0.333. The summed E-state index contributed by atoms with van der Waals surface area (Å²) in [4.78, 5) is 12.2. The fourth-order valence-corrected chi connectivity index (χ4v) is 2.35. The summed E-state index contributed by atoms with van der Waals surface area (Å²) in [6.07, 6.45) is 2.61. The van der Waals surface area contributed by atoms with E-state index in [1.165, 1.54) is 0 Å². The lowest BCUT2D eigenvalue weighted by atomic mass is 10.1. The quantitative estimate of drug-likeness (QED) is 0.841. The van der Waals surface area contributed by atoms with Crippen molar-refractivity contribution in [1.82, 2.24) is 9.78 Å². The van der Waals surface area contributed by atoms with Crippen LogP contribution in [0.5, 0.6) is 0 Å². The van der Waals surface area contributed by atoms with Crippen molar-refractivity contribution in [2.24, 2.45) is 11.3 Å². The second kappa shape index (κ2) is 4.37. The van der Waals surface area contributed by atoms with Crippen molar-refractivity contribution in [3.05, 3.63) is 36.5 Å². The fourth-order valence-electron chi connectivity index (χ4n) is 2.35. The Bertz CT molecular complexity index is 642. The van der Waals surface area contributed by atoms with E-state index in [-0.39, 0.29) is 17.2 Å². The molecule has 0 spiro atoms. The zero-order valence-electron chi connectivity index (χ0n) is 11.6. The second-order valence-electron chi connectivity index (χ2n) is 5.95. The second-order valence-corrected chi connectivity index (χ2v) is 5.95. The van der Waals surface area contributed by atoms with Crippen LogP contribution in [0.25, 0.3) is 5.69 Å². The van der Waals surface area contributed by atoms with Gasteiger partial charge in [0.25, 0.3) is 0 Å². The van der Waals surface area contributed by atoms with Crippen molar-refractivity contribution in [3.63, 3.8) is 0 Å². The first-order valence-electron chi connectivity index (χ1n) is 6.68. The van der Waals surface area contributed by atoms with Gasteiger partial charge < -0.3 is 11.1 Å². The van der Waals surface area contributed by atoms with Gasteiger partial charge in [0.2, 0.25) is 5.91 Å². The summed E-state index contributed by atoms with van der Waals surface area (Å²) in [6, 6.07) is 9.17. The maximum atomic E-state index is 12.2. The van der Waals surface area contributed by atoms with E-state index in [2.05, 4.69) is 24.3 Å². The molecule has 1 aliphatic carbocycles. The van der Waals surface area contributed by atoms with Crippen molar-refractivity contribution >= 4 is 17.4 Å². The van der Waals surface area contributed by atoms with Gasteiger partial charge in [-0.3, -0.25) is 4.79 Å². The minimum Gasteiger partial charge on any atom is -0.399 e. The number of carbonyl (C=O) groups is 1. The third-order valence-corrected chi connectivity index (χ3v) is 3.86. The first kappa shape index (κ1) is 12.7. The molecule has 0 radical (unpaired) electrons. The van der Waals surface area contributed by atoms with Crippen LogP contribution in [0.1, 0.15) is 20.3 Å². The molecule has 1 heterocycles. The van der Waals surface area contributed by atoms with Crippen LogP contribution in [-0.2, 0) is 4.79 Å². The summed E-state index contributed by atoms with van der Waals surface area (Å²) in [5.74, 6) is 0.840. The van der Waals surface area contributed by atoms with Gasteiger partial charge in [-0.25, -0.2) is 4.68 Å². The van der Waals surface area contributed by atoms with E-state index >= 15 is 0 Å². The Kier molecular flexibility index (Phi) is 2.78. The predicted molar refractivity (Wildman–Crippen MR) is 78.5 cm³/mol. The number of carbonyl (C=O) groups excluding carboxylic acids is 1. The Hall–Kier alpha value is -2.30. The topological polar surface area (TPSA) is 72.9 Å². The van der Waals surface area contributed by atoms with Gasteiger partial charge in [-0.15, -0.1) is 0 Å². The minimum absolute atomic E-state index is 0.0622. The molecule has 1 aliphatic rings. The lowest BCUT2D eigenvalue weighted by molar-refractivity contribution is -0.118. The molecule has 0 bridgehead atoms. The number of nitrogens with one attached hydrogen (secondary N) is 1. The zero-order chi connectivity index (χ0) is 14.3. The molecule has 104 valence electrons. The molecule has 1 unspecified atom stereocenters. The summed E-state index contributed by atoms with van der Waals surface area (Å²) in [7, 11) is 0. The molecule has 1 atom stereocenters. The summed E-state index contributed by atoms with van der Waals surface area (Å²) in [5.41, 5.74) is 7.37. The normalized spacial score (nSPS) is 19.6. The number of nitrogen functional groups attached to an aromatic ring is 1. The van der Waals surface area contributed by atoms with Crippen LogP contribution in [-0.4, -0.2) is 15.7 Å². The van der Waals surface area contributed by atoms with Crippen LogP contribution in [0, 0.1) is 11.3 Å². The van der Waals surface area contributed by atoms with Crippen LogP contribution in [0.2, 0.25) is 0 Å². The third kappa shape index (κ3) is 2.27. The Labute approximate surface area is 117 Å². The van der Waals surface area contributed by atoms with E-state index in [1.807, 2.05) is 24.3 Å². The van der Waals surface area contributed by atoms with E-state index in [4.69, 9.17) is 5.73 Å². The number of amides is 1. The van der Waals surface area contributed by atoms with Crippen molar-refractivity contribution in [2.75, 3.05) is 11.1 Å². The lowest BCUT2D eigenvalue weighted by Crippen LogP contribution is -2.18. The van der Waals surface area contributed by atoms with Crippen LogP contribution < -0.4 is 11.1 Å². The van der Waals surface area contributed by atoms with Crippen LogP contribution in [0.3, 0.4) is 0 Å². The summed E-state index contributed by atoms with van der Waals surface area (Å²) in [5, 5.41) is 7.20. The van der Waals surface area contributed by atoms with Crippen molar-refractivity contribution < 1.29 is 4.79 Å². The van der Waals surface area contributed by atoms with Crippen molar-refractivity contribution in [1.29, 1.82) is 0 Å². The molecule has 5 heteroatoms. The molecular weight excluding hydrogens is 252 g/mol. The van der Waals surface area contributed by atoms with Gasteiger partial charge in [0, 0.05) is 17.7 Å². The number of nitrogens with two attached hydrogens (primary N) is 1. The maximum Gasteiger partial charge on any atom is 0.229 e. The SMILES string of the molecule is CC1(C)CC1C(=O)Nc1ccnn1-c1ccc(N)cc1. The van der Waals surface area contributed by atoms with Crippen LogP contribution in [0.4, 0.5) is 11.5 Å². The van der Waals surface area contributed by atoms with Crippen molar-refractivity contribution in [3.8, 4) is 5.69 Å². The highest BCUT2D eigenvalue weighted by molar-refractivity contribution is 5.94. The summed E-state index contributed by atoms with van der Waals surface area (Å²) < 4.78 is 1.70. The van der Waals surface area contributed by atoms with E-state index in [0.717, 1.165) is 12.1 Å². The largest absolute Gasteiger partial charge is 0.399 e. The van der Waals surface area contributed by atoms with E-state index < -0.39 is 0 Å². The highest BCUT2D eigenvalue weighted by Crippen LogP contribution is 2.51. The number of anilines is 2. The van der Waals surface area contributed by atoms with Crippen LogP contribution >= 0.6 is 0 Å². The molecule has 20 heavy (non-hydrogen) atoms. The Balaban J connectivity index is 1.80. The first-order valence-corrected chi connectivity index (χ1v) is 6.68. The van der Waals surface area contributed by atoms with Gasteiger partial charge >= 0.3 is 0 Å². The summed E-state index contributed by atoms with van der Waals surface area (Å²) in [6.45, 7) is 4.21. The van der Waals surface area contributed by atoms with Crippen molar-refractivity contribution in [2.45, 2.75) is 20.3 Å². The highest BCUT2D eigenvalue weighted by atomic mass is 16.2. The van der Waals surface area contributed by atoms with Gasteiger partial charge in [0.1, 0.15) is 5.82 Å². The van der Waals surface area contributed by atoms with E-state index in [1.54, 1.807) is 16.9 Å². The number of hydrogen-bond acceptors (Lipinski definition) is 3. The van der Waals surface area contributed by atoms with E-state index in [0.29, 0.717) is 11.5 Å². The van der Waals surface area contributed by atoms with Gasteiger partial charge in [-0.2, -0.15) is 5.10 Å². The standard InChI is InChI=1S/C15H18N4O/c1-15(2)9-12(15)14(20)18-13-7-8-17-19(13)11-5-3-10(16)4-6-11/h3-8,12H,9,16H2,1-2H3,(H,18,20). The minimum atomic E-state index is 0.0622. The summed E-state index contributed by atoms with van der Waals surface area (Å²) >= 11 is 0. The molecule has 1 fully saturated rings. The molecule has 1 aromatic heterocycles. The highest BCUT2D eigenvalue weighted by Gasteiger charge is 2.50. The number of nitrogens with zero attached hydrogens (tertiary/aromatic N) is 2. The molecular formula is C15H18N4O. The molecule has 0 aliphatic heterocycles. The molecule has 1 saturated carbocycles. The third-order valence-electron chi connectivity index (χ3n) is 3.86. The Morgan fingerprint density at radius 1 is 1.35 bits per heavy atom. The molecule has 1 aromatic carbocycles. The predicted octanol–water partition coefficient (Wildman–Crippen LogP) is 2.44. The molecule has 3 rings (SSSR count). The maximum absolute atomic E-state index is 12.2. The number of benzene rings is 1. The molecule has 5 nitrogen and oxygen atoms in total. The van der Waals surface area contributed by atoms with Gasteiger partial charge in [-0.05, 0) is 36.1 Å². The molecule has 0 saturated heterocycles. The number of aromatic nitrogens is 2. The number of hydrogen-bond donors (Lipinski definition) is 2. The smallest absolute Gasteiger partial charge is 0.229 e. The van der Waals surface area contributed by atoms with Gasteiger partial charge in [-0.1, -0.05) is 13.8 Å². The van der Waals surface area contributed by atoms with Crippen LogP contribution in [0.15, 0.2) is 36.5 Å². The van der Waals surface area contributed by atoms with Gasteiger partial charge in [0.05, 0.1) is 11.9 Å². The molecule has 1 amide bonds. The Morgan fingerprint density at radius 2 is 2.00 bits per heavy atom. The van der Waals surface area contributed by atoms with Gasteiger partial charge in [0.15, 0.2) is 0 Å². The average Bonchev–Trinajstić information content (AvgIpc) is 2.83.